The lowest BCUT2D eigenvalue weighted by molar-refractivity contribution is -0.141. The second kappa shape index (κ2) is 5.72. The molecule has 0 spiro atoms. The summed E-state index contributed by atoms with van der Waals surface area (Å²) in [7, 11) is 1.48. The van der Waals surface area contributed by atoms with Crippen molar-refractivity contribution in [3.05, 3.63) is 0 Å². The summed E-state index contributed by atoms with van der Waals surface area (Å²) in [5.74, 6) is 1.03. The van der Waals surface area contributed by atoms with Crippen LogP contribution >= 0.6 is 0 Å². The molecule has 0 aromatic carbocycles. The van der Waals surface area contributed by atoms with E-state index in [1.165, 1.54) is 39.2 Å². The van der Waals surface area contributed by atoms with Gasteiger partial charge in [-0.15, -0.1) is 0 Å². The van der Waals surface area contributed by atoms with Crippen molar-refractivity contribution in [2.75, 3.05) is 7.11 Å². The van der Waals surface area contributed by atoms with Gasteiger partial charge in [-0.05, 0) is 62.7 Å². The first-order valence-corrected chi connectivity index (χ1v) is 9.87. The first-order valence-electron chi connectivity index (χ1n) is 9.87. The molecule has 138 valence electrons. The number of epoxide rings is 1. The SMILES string of the molecule is COC(=O)CC(C)CC[C@]12O[C@@]1(C)CC[C@H]1C(C)(C)CCC[C@@]12C. The average molecular weight is 337 g/mol. The fourth-order valence-corrected chi connectivity index (χ4v) is 6.59. The van der Waals surface area contributed by atoms with Gasteiger partial charge < -0.3 is 9.47 Å². The van der Waals surface area contributed by atoms with Crippen LogP contribution in [0.3, 0.4) is 0 Å². The van der Waals surface area contributed by atoms with E-state index in [0.717, 1.165) is 18.8 Å². The molecule has 0 aromatic rings. The Morgan fingerprint density at radius 3 is 2.58 bits per heavy atom. The fraction of sp³-hybridized carbons (Fsp3) is 0.952. The Morgan fingerprint density at radius 1 is 1.21 bits per heavy atom. The molecule has 0 bridgehead atoms. The van der Waals surface area contributed by atoms with Crippen LogP contribution in [0.15, 0.2) is 0 Å². The first-order chi connectivity index (χ1) is 11.1. The van der Waals surface area contributed by atoms with E-state index < -0.39 is 0 Å². The number of hydrogen-bond acceptors (Lipinski definition) is 3. The van der Waals surface area contributed by atoms with Crippen molar-refractivity contribution in [2.24, 2.45) is 22.7 Å². The van der Waals surface area contributed by atoms with E-state index >= 15 is 0 Å². The molecule has 0 N–H and O–H groups in total. The van der Waals surface area contributed by atoms with E-state index in [0.29, 0.717) is 17.8 Å². The third-order valence-corrected chi connectivity index (χ3v) is 8.01. The van der Waals surface area contributed by atoms with E-state index in [4.69, 9.17) is 9.47 Å². The quantitative estimate of drug-likeness (QED) is 0.516. The van der Waals surface area contributed by atoms with Gasteiger partial charge in [-0.3, -0.25) is 4.79 Å². The number of carbonyl (C=O) groups excluding carboxylic acids is 1. The van der Waals surface area contributed by atoms with Gasteiger partial charge in [0.05, 0.1) is 12.7 Å². The molecule has 3 fully saturated rings. The summed E-state index contributed by atoms with van der Waals surface area (Å²) >= 11 is 0. The van der Waals surface area contributed by atoms with Crippen LogP contribution in [-0.4, -0.2) is 24.3 Å². The fourth-order valence-electron chi connectivity index (χ4n) is 6.59. The molecule has 3 aliphatic rings. The van der Waals surface area contributed by atoms with Gasteiger partial charge in [0.2, 0.25) is 0 Å². The largest absolute Gasteiger partial charge is 0.469 e. The zero-order valence-corrected chi connectivity index (χ0v) is 16.5. The Bertz CT molecular complexity index is 513. The number of rotatable bonds is 5. The van der Waals surface area contributed by atoms with Crippen molar-refractivity contribution < 1.29 is 14.3 Å². The van der Waals surface area contributed by atoms with Gasteiger partial charge in [0.25, 0.3) is 0 Å². The minimum atomic E-state index is -0.0917. The molecule has 1 unspecified atom stereocenters. The van der Waals surface area contributed by atoms with Crippen LogP contribution in [0.5, 0.6) is 0 Å². The molecular formula is C21H36O3. The standard InChI is InChI=1S/C21H36O3/c1-15(14-17(22)23-6)8-13-21-19(4)11-7-10-18(2,3)16(19)9-12-20(21,5)24-21/h15-16H,7-14H2,1-6H3/t15?,16-,19-,20-,21+/m0/s1. The van der Waals surface area contributed by atoms with Crippen molar-refractivity contribution in [3.63, 3.8) is 0 Å². The van der Waals surface area contributed by atoms with Gasteiger partial charge in [0, 0.05) is 11.8 Å². The summed E-state index contributed by atoms with van der Waals surface area (Å²) in [5.41, 5.74) is 0.805. The molecule has 1 saturated heterocycles. The van der Waals surface area contributed by atoms with Crippen LogP contribution in [0.25, 0.3) is 0 Å². The highest BCUT2D eigenvalue weighted by atomic mass is 16.6. The molecule has 3 rings (SSSR count). The summed E-state index contributed by atoms with van der Waals surface area (Å²) < 4.78 is 11.4. The van der Waals surface area contributed by atoms with Crippen molar-refractivity contribution in [2.45, 2.75) is 97.2 Å². The van der Waals surface area contributed by atoms with Crippen molar-refractivity contribution in [1.29, 1.82) is 0 Å². The van der Waals surface area contributed by atoms with Crippen LogP contribution < -0.4 is 0 Å². The topological polar surface area (TPSA) is 38.8 Å². The molecule has 2 saturated carbocycles. The predicted molar refractivity (Wildman–Crippen MR) is 95.7 cm³/mol. The highest BCUT2D eigenvalue weighted by Crippen LogP contribution is 2.74. The molecule has 3 heteroatoms. The van der Waals surface area contributed by atoms with Gasteiger partial charge >= 0.3 is 5.97 Å². The Hall–Kier alpha value is -0.570. The zero-order valence-electron chi connectivity index (χ0n) is 16.5. The van der Waals surface area contributed by atoms with E-state index in [-0.39, 0.29) is 22.6 Å². The second-order valence-electron chi connectivity index (χ2n) is 9.93. The van der Waals surface area contributed by atoms with Crippen molar-refractivity contribution in [1.82, 2.24) is 0 Å². The highest BCUT2D eigenvalue weighted by Gasteiger charge is 2.78. The minimum Gasteiger partial charge on any atom is -0.469 e. The first kappa shape index (κ1) is 18.2. The van der Waals surface area contributed by atoms with Gasteiger partial charge in [-0.1, -0.05) is 34.1 Å². The molecule has 24 heavy (non-hydrogen) atoms. The smallest absolute Gasteiger partial charge is 0.305 e. The molecule has 0 aromatic heterocycles. The Balaban J connectivity index is 1.77. The van der Waals surface area contributed by atoms with Gasteiger partial charge in [-0.25, -0.2) is 0 Å². The number of esters is 1. The maximum Gasteiger partial charge on any atom is 0.305 e. The van der Waals surface area contributed by atoms with E-state index in [1.807, 2.05) is 0 Å². The maximum atomic E-state index is 11.5. The van der Waals surface area contributed by atoms with Gasteiger partial charge in [0.1, 0.15) is 5.60 Å². The number of fused-ring (bicyclic) bond motifs is 3. The lowest BCUT2D eigenvalue weighted by atomic mass is 9.46. The van der Waals surface area contributed by atoms with E-state index in [2.05, 4.69) is 34.6 Å². The summed E-state index contributed by atoms with van der Waals surface area (Å²) in [6, 6.07) is 0. The third kappa shape index (κ3) is 2.53. The number of methoxy groups -OCH3 is 1. The molecular weight excluding hydrogens is 300 g/mol. The van der Waals surface area contributed by atoms with Crippen LogP contribution in [0, 0.1) is 22.7 Å². The number of carbonyl (C=O) groups is 1. The van der Waals surface area contributed by atoms with Crippen LogP contribution in [0.2, 0.25) is 0 Å². The van der Waals surface area contributed by atoms with E-state index in [1.54, 1.807) is 0 Å². The Morgan fingerprint density at radius 2 is 1.92 bits per heavy atom. The molecule has 0 radical (unpaired) electrons. The molecule has 2 aliphatic carbocycles. The summed E-state index contributed by atoms with van der Waals surface area (Å²) in [6.45, 7) is 11.9. The molecule has 1 heterocycles. The third-order valence-electron chi connectivity index (χ3n) is 8.01. The summed E-state index contributed by atoms with van der Waals surface area (Å²) in [4.78, 5) is 11.5. The highest BCUT2D eigenvalue weighted by molar-refractivity contribution is 5.69. The zero-order chi connectivity index (χ0) is 17.8. The normalized spacial score (nSPS) is 44.2. The van der Waals surface area contributed by atoms with Gasteiger partial charge in [0.15, 0.2) is 0 Å². The molecule has 5 atom stereocenters. The van der Waals surface area contributed by atoms with Crippen molar-refractivity contribution >= 4 is 5.97 Å². The second-order valence-corrected chi connectivity index (χ2v) is 9.93. The van der Waals surface area contributed by atoms with Crippen LogP contribution in [0.1, 0.15) is 86.0 Å². The number of ether oxygens (including phenoxy) is 2. The van der Waals surface area contributed by atoms with Crippen LogP contribution in [0.4, 0.5) is 0 Å². The number of hydrogen-bond donors (Lipinski definition) is 0. The lowest BCUT2D eigenvalue weighted by Gasteiger charge is -2.57. The average Bonchev–Trinajstić information content (AvgIpc) is 3.12. The van der Waals surface area contributed by atoms with E-state index in [9.17, 15) is 4.79 Å². The van der Waals surface area contributed by atoms with Gasteiger partial charge in [-0.2, -0.15) is 0 Å². The Kier molecular flexibility index (Phi) is 4.35. The Labute approximate surface area is 147 Å². The van der Waals surface area contributed by atoms with Crippen molar-refractivity contribution in [3.8, 4) is 0 Å². The predicted octanol–water partition coefficient (Wildman–Crippen LogP) is 5.12. The lowest BCUT2D eigenvalue weighted by Crippen LogP contribution is -2.56. The molecule has 0 amide bonds. The molecule has 1 aliphatic heterocycles. The molecule has 3 nitrogen and oxygen atoms in total. The van der Waals surface area contributed by atoms with Crippen LogP contribution in [-0.2, 0) is 14.3 Å². The summed E-state index contributed by atoms with van der Waals surface area (Å²) in [6.07, 6.45) is 9.12. The minimum absolute atomic E-state index is 0.0327. The monoisotopic (exact) mass is 336 g/mol. The summed E-state index contributed by atoms with van der Waals surface area (Å²) in [5, 5.41) is 0. The maximum absolute atomic E-state index is 11.5.